The SMILES string of the molecule is COc1ccc(CCC(=O)NC2(CN)CC2)cc1. The van der Waals surface area contributed by atoms with Gasteiger partial charge in [0.25, 0.3) is 0 Å². The predicted octanol–water partition coefficient (Wildman–Crippen LogP) is 1.24. The summed E-state index contributed by atoms with van der Waals surface area (Å²) < 4.78 is 5.09. The van der Waals surface area contributed by atoms with E-state index in [-0.39, 0.29) is 11.4 Å². The van der Waals surface area contributed by atoms with Crippen LogP contribution in [0.5, 0.6) is 5.75 Å². The number of aryl methyl sites for hydroxylation is 1. The molecule has 1 aliphatic carbocycles. The highest BCUT2D eigenvalue weighted by Crippen LogP contribution is 2.33. The molecule has 0 spiro atoms. The van der Waals surface area contributed by atoms with Gasteiger partial charge in [0.15, 0.2) is 0 Å². The summed E-state index contributed by atoms with van der Waals surface area (Å²) in [6.07, 6.45) is 3.28. The van der Waals surface area contributed by atoms with Crippen molar-refractivity contribution < 1.29 is 9.53 Å². The largest absolute Gasteiger partial charge is 0.497 e. The average molecular weight is 248 g/mol. The molecule has 1 aromatic carbocycles. The molecular formula is C14H20N2O2. The molecule has 0 aliphatic heterocycles. The number of nitrogens with two attached hydrogens (primary N) is 1. The lowest BCUT2D eigenvalue weighted by atomic mass is 10.1. The van der Waals surface area contributed by atoms with E-state index in [0.717, 1.165) is 30.6 Å². The van der Waals surface area contributed by atoms with Crippen molar-refractivity contribution >= 4 is 5.91 Å². The fourth-order valence-corrected chi connectivity index (χ4v) is 1.94. The molecule has 0 atom stereocenters. The number of carbonyl (C=O) groups is 1. The summed E-state index contributed by atoms with van der Waals surface area (Å²) in [4.78, 5) is 11.8. The monoisotopic (exact) mass is 248 g/mol. The molecule has 4 nitrogen and oxygen atoms in total. The van der Waals surface area contributed by atoms with E-state index in [1.54, 1.807) is 7.11 Å². The summed E-state index contributed by atoms with van der Waals surface area (Å²) in [6.45, 7) is 0.543. The Labute approximate surface area is 108 Å². The molecule has 3 N–H and O–H groups in total. The molecule has 1 aromatic rings. The Bertz CT molecular complexity index is 410. The Kier molecular flexibility index (Phi) is 3.87. The third kappa shape index (κ3) is 3.23. The fourth-order valence-electron chi connectivity index (χ4n) is 1.94. The van der Waals surface area contributed by atoms with Gasteiger partial charge in [-0.15, -0.1) is 0 Å². The normalized spacial score (nSPS) is 16.1. The molecule has 0 unspecified atom stereocenters. The minimum Gasteiger partial charge on any atom is -0.497 e. The number of hydrogen-bond donors (Lipinski definition) is 2. The van der Waals surface area contributed by atoms with Crippen LogP contribution >= 0.6 is 0 Å². The van der Waals surface area contributed by atoms with Crippen LogP contribution in [0.1, 0.15) is 24.8 Å². The number of nitrogens with one attached hydrogen (secondary N) is 1. The van der Waals surface area contributed by atoms with Gasteiger partial charge in [-0.25, -0.2) is 0 Å². The van der Waals surface area contributed by atoms with Crippen molar-refractivity contribution in [2.75, 3.05) is 13.7 Å². The highest BCUT2D eigenvalue weighted by atomic mass is 16.5. The zero-order valence-electron chi connectivity index (χ0n) is 10.7. The van der Waals surface area contributed by atoms with E-state index in [4.69, 9.17) is 10.5 Å². The van der Waals surface area contributed by atoms with Crippen molar-refractivity contribution in [1.82, 2.24) is 5.32 Å². The molecule has 2 rings (SSSR count). The Balaban J connectivity index is 1.78. The second-order valence-electron chi connectivity index (χ2n) is 4.88. The van der Waals surface area contributed by atoms with Gasteiger partial charge in [0.2, 0.25) is 5.91 Å². The van der Waals surface area contributed by atoms with Crippen molar-refractivity contribution in [2.45, 2.75) is 31.2 Å². The first-order valence-electron chi connectivity index (χ1n) is 6.31. The van der Waals surface area contributed by atoms with Crippen LogP contribution in [-0.2, 0) is 11.2 Å². The van der Waals surface area contributed by atoms with Crippen LogP contribution in [0.3, 0.4) is 0 Å². The van der Waals surface area contributed by atoms with Gasteiger partial charge >= 0.3 is 0 Å². The Morgan fingerprint density at radius 3 is 2.56 bits per heavy atom. The molecule has 1 aliphatic rings. The van der Waals surface area contributed by atoms with Gasteiger partial charge in [-0.05, 0) is 37.0 Å². The van der Waals surface area contributed by atoms with Gasteiger partial charge in [0.05, 0.1) is 12.6 Å². The lowest BCUT2D eigenvalue weighted by molar-refractivity contribution is -0.121. The quantitative estimate of drug-likeness (QED) is 0.796. The standard InChI is InChI=1S/C14H20N2O2/c1-18-12-5-2-11(3-6-12)4-7-13(17)16-14(10-15)8-9-14/h2-3,5-6H,4,7-10,15H2,1H3,(H,16,17). The van der Waals surface area contributed by atoms with Crippen LogP contribution in [0.4, 0.5) is 0 Å². The Morgan fingerprint density at radius 2 is 2.06 bits per heavy atom. The van der Waals surface area contributed by atoms with E-state index in [2.05, 4.69) is 5.32 Å². The van der Waals surface area contributed by atoms with Crippen molar-refractivity contribution in [3.63, 3.8) is 0 Å². The summed E-state index contributed by atoms with van der Waals surface area (Å²) >= 11 is 0. The van der Waals surface area contributed by atoms with Crippen LogP contribution in [0, 0.1) is 0 Å². The minimum atomic E-state index is -0.0863. The molecule has 18 heavy (non-hydrogen) atoms. The summed E-state index contributed by atoms with van der Waals surface area (Å²) in [5.41, 5.74) is 6.68. The molecule has 0 heterocycles. The predicted molar refractivity (Wildman–Crippen MR) is 70.5 cm³/mol. The summed E-state index contributed by atoms with van der Waals surface area (Å²) in [5, 5.41) is 3.02. The van der Waals surface area contributed by atoms with Crippen LogP contribution in [0.2, 0.25) is 0 Å². The molecule has 1 fully saturated rings. The first-order valence-corrected chi connectivity index (χ1v) is 6.31. The van der Waals surface area contributed by atoms with E-state index in [1.165, 1.54) is 0 Å². The lowest BCUT2D eigenvalue weighted by Gasteiger charge is -2.14. The Morgan fingerprint density at radius 1 is 1.39 bits per heavy atom. The molecule has 1 saturated carbocycles. The first-order chi connectivity index (χ1) is 8.67. The number of rotatable bonds is 6. The van der Waals surface area contributed by atoms with Gasteiger partial charge in [0, 0.05) is 13.0 Å². The van der Waals surface area contributed by atoms with E-state index in [1.807, 2.05) is 24.3 Å². The molecule has 0 radical (unpaired) electrons. The van der Waals surface area contributed by atoms with Crippen LogP contribution < -0.4 is 15.8 Å². The average Bonchev–Trinajstić information content (AvgIpc) is 3.17. The Hall–Kier alpha value is -1.55. The highest BCUT2D eigenvalue weighted by Gasteiger charge is 2.42. The number of methoxy groups -OCH3 is 1. The topological polar surface area (TPSA) is 64.3 Å². The maximum Gasteiger partial charge on any atom is 0.220 e. The van der Waals surface area contributed by atoms with E-state index < -0.39 is 0 Å². The van der Waals surface area contributed by atoms with Crippen LogP contribution in [-0.4, -0.2) is 25.1 Å². The second-order valence-corrected chi connectivity index (χ2v) is 4.88. The van der Waals surface area contributed by atoms with Crippen LogP contribution in [0.25, 0.3) is 0 Å². The smallest absolute Gasteiger partial charge is 0.220 e. The van der Waals surface area contributed by atoms with Crippen LogP contribution in [0.15, 0.2) is 24.3 Å². The van der Waals surface area contributed by atoms with Gasteiger partial charge in [-0.2, -0.15) is 0 Å². The third-order valence-electron chi connectivity index (χ3n) is 3.45. The highest BCUT2D eigenvalue weighted by molar-refractivity contribution is 5.77. The lowest BCUT2D eigenvalue weighted by Crippen LogP contribution is -2.42. The number of ether oxygens (including phenoxy) is 1. The van der Waals surface area contributed by atoms with Gasteiger partial charge in [-0.3, -0.25) is 4.79 Å². The minimum absolute atomic E-state index is 0.0863. The van der Waals surface area contributed by atoms with Crippen molar-refractivity contribution in [1.29, 1.82) is 0 Å². The molecule has 1 amide bonds. The zero-order chi connectivity index (χ0) is 13.0. The van der Waals surface area contributed by atoms with E-state index in [9.17, 15) is 4.79 Å². The number of benzene rings is 1. The maximum atomic E-state index is 11.8. The van der Waals surface area contributed by atoms with E-state index in [0.29, 0.717) is 13.0 Å². The molecule has 4 heteroatoms. The van der Waals surface area contributed by atoms with Gasteiger partial charge in [0.1, 0.15) is 5.75 Å². The van der Waals surface area contributed by atoms with Gasteiger partial charge in [-0.1, -0.05) is 12.1 Å². The fraction of sp³-hybridized carbons (Fsp3) is 0.500. The summed E-state index contributed by atoms with van der Waals surface area (Å²) in [5.74, 6) is 0.928. The van der Waals surface area contributed by atoms with Crippen molar-refractivity contribution in [2.24, 2.45) is 5.73 Å². The molecule has 0 aromatic heterocycles. The van der Waals surface area contributed by atoms with E-state index >= 15 is 0 Å². The third-order valence-corrected chi connectivity index (χ3v) is 3.45. The first kappa shape index (κ1) is 12.9. The molecule has 98 valence electrons. The van der Waals surface area contributed by atoms with Crippen molar-refractivity contribution in [3.05, 3.63) is 29.8 Å². The zero-order valence-corrected chi connectivity index (χ0v) is 10.7. The molecule has 0 bridgehead atoms. The van der Waals surface area contributed by atoms with Gasteiger partial charge < -0.3 is 15.8 Å². The summed E-state index contributed by atoms with van der Waals surface area (Å²) in [7, 11) is 1.64. The second kappa shape index (κ2) is 5.40. The maximum absolute atomic E-state index is 11.8. The molecular weight excluding hydrogens is 228 g/mol. The molecule has 0 saturated heterocycles. The number of amides is 1. The number of hydrogen-bond acceptors (Lipinski definition) is 3. The summed E-state index contributed by atoms with van der Waals surface area (Å²) in [6, 6.07) is 7.80. The van der Waals surface area contributed by atoms with Crippen molar-refractivity contribution in [3.8, 4) is 5.75 Å². The number of carbonyl (C=O) groups excluding carboxylic acids is 1.